The van der Waals surface area contributed by atoms with E-state index in [-0.39, 0.29) is 12.4 Å². The minimum atomic E-state index is -0.245. The summed E-state index contributed by atoms with van der Waals surface area (Å²) in [4.78, 5) is 16.6. The Labute approximate surface area is 134 Å². The van der Waals surface area contributed by atoms with Gasteiger partial charge < -0.3 is 10.1 Å². The maximum absolute atomic E-state index is 11.8. The molecule has 0 radical (unpaired) electrons. The molecule has 0 saturated carbocycles. The molecule has 3 aromatic rings. The number of hydrogen-bond donors (Lipinski definition) is 1. The van der Waals surface area contributed by atoms with E-state index in [2.05, 4.69) is 11.4 Å². The highest BCUT2D eigenvalue weighted by molar-refractivity contribution is 6.09. The lowest BCUT2D eigenvalue weighted by molar-refractivity contribution is -0.142. The predicted octanol–water partition coefficient (Wildman–Crippen LogP) is 4.06. The molecule has 4 rings (SSSR count). The van der Waals surface area contributed by atoms with Crippen LogP contribution in [-0.2, 0) is 16.0 Å². The number of benzene rings is 2. The van der Waals surface area contributed by atoms with Crippen molar-refractivity contribution in [3.05, 3.63) is 54.2 Å². The van der Waals surface area contributed by atoms with Crippen molar-refractivity contribution in [2.75, 3.05) is 11.9 Å². The van der Waals surface area contributed by atoms with E-state index in [9.17, 15) is 4.79 Å². The Bertz CT molecular complexity index is 918. The lowest BCUT2D eigenvalue weighted by atomic mass is 9.96. The van der Waals surface area contributed by atoms with Crippen LogP contribution in [0.1, 0.15) is 12.6 Å². The third-order valence-electron chi connectivity index (χ3n) is 3.99. The van der Waals surface area contributed by atoms with Gasteiger partial charge in [0.05, 0.1) is 24.4 Å². The van der Waals surface area contributed by atoms with Gasteiger partial charge in [-0.1, -0.05) is 30.3 Å². The van der Waals surface area contributed by atoms with Crippen molar-refractivity contribution in [1.29, 1.82) is 0 Å². The Morgan fingerprint density at radius 1 is 1.13 bits per heavy atom. The van der Waals surface area contributed by atoms with Crippen molar-refractivity contribution < 1.29 is 9.53 Å². The maximum Gasteiger partial charge on any atom is 0.311 e. The number of carbonyl (C=O) groups is 1. The molecular weight excluding hydrogens is 288 g/mol. The standard InChI is InChI=1S/C19H16N2O2/c1-2-23-17(22)11-13-10-12-6-5-9-16-18(12)19(20-13)14-7-3-4-8-15(14)21-16/h3-10,21H,2,11H2,1H3. The molecule has 1 aliphatic rings. The number of hydrogen-bond acceptors (Lipinski definition) is 4. The number of fused-ring (bicyclic) bond motifs is 2. The average molecular weight is 304 g/mol. The number of carbonyl (C=O) groups excluding carboxylic acids is 1. The molecule has 23 heavy (non-hydrogen) atoms. The second-order valence-corrected chi connectivity index (χ2v) is 5.52. The van der Waals surface area contributed by atoms with Crippen molar-refractivity contribution in [3.63, 3.8) is 0 Å². The van der Waals surface area contributed by atoms with Crippen molar-refractivity contribution in [2.45, 2.75) is 13.3 Å². The molecule has 0 aliphatic carbocycles. The number of para-hydroxylation sites is 1. The maximum atomic E-state index is 11.8. The summed E-state index contributed by atoms with van der Waals surface area (Å²) >= 11 is 0. The van der Waals surface area contributed by atoms with E-state index in [4.69, 9.17) is 9.72 Å². The van der Waals surface area contributed by atoms with Crippen molar-refractivity contribution in [2.24, 2.45) is 0 Å². The quantitative estimate of drug-likeness (QED) is 0.580. The highest BCUT2D eigenvalue weighted by Gasteiger charge is 2.20. The van der Waals surface area contributed by atoms with Crippen molar-refractivity contribution >= 4 is 28.1 Å². The Balaban J connectivity index is 1.91. The topological polar surface area (TPSA) is 51.2 Å². The van der Waals surface area contributed by atoms with Crippen LogP contribution < -0.4 is 5.32 Å². The number of esters is 1. The van der Waals surface area contributed by atoms with Crippen LogP contribution in [0.5, 0.6) is 0 Å². The summed E-state index contributed by atoms with van der Waals surface area (Å²) in [5.74, 6) is -0.245. The van der Waals surface area contributed by atoms with Gasteiger partial charge in [0.15, 0.2) is 0 Å². The fourth-order valence-corrected chi connectivity index (χ4v) is 3.06. The lowest BCUT2D eigenvalue weighted by Crippen LogP contribution is -2.10. The van der Waals surface area contributed by atoms with Crippen LogP contribution >= 0.6 is 0 Å². The number of pyridine rings is 1. The third-order valence-corrected chi connectivity index (χ3v) is 3.99. The largest absolute Gasteiger partial charge is 0.466 e. The monoisotopic (exact) mass is 304 g/mol. The van der Waals surface area contributed by atoms with Gasteiger partial charge in [-0.3, -0.25) is 9.78 Å². The number of aromatic nitrogens is 1. The number of anilines is 2. The molecule has 1 N–H and O–H groups in total. The first-order valence-electron chi connectivity index (χ1n) is 7.71. The fraction of sp³-hybridized carbons (Fsp3) is 0.158. The minimum absolute atomic E-state index is 0.191. The third kappa shape index (κ3) is 2.32. The molecule has 0 bridgehead atoms. The first-order valence-corrected chi connectivity index (χ1v) is 7.71. The molecule has 0 unspecified atom stereocenters. The van der Waals surface area contributed by atoms with Crippen LogP contribution in [0.4, 0.5) is 11.4 Å². The Kier molecular flexibility index (Phi) is 3.23. The number of rotatable bonds is 3. The first-order chi connectivity index (χ1) is 11.3. The highest BCUT2D eigenvalue weighted by Crippen LogP contribution is 2.42. The van der Waals surface area contributed by atoms with E-state index >= 15 is 0 Å². The lowest BCUT2D eigenvalue weighted by Gasteiger charge is -2.22. The molecular formula is C19H16N2O2. The summed E-state index contributed by atoms with van der Waals surface area (Å²) in [6, 6.07) is 16.2. The van der Waals surface area contributed by atoms with Gasteiger partial charge in [-0.15, -0.1) is 0 Å². The molecule has 0 fully saturated rings. The second-order valence-electron chi connectivity index (χ2n) is 5.52. The normalized spacial score (nSPS) is 11.7. The molecule has 1 aliphatic heterocycles. The molecule has 0 saturated heterocycles. The van der Waals surface area contributed by atoms with Crippen LogP contribution in [-0.4, -0.2) is 17.6 Å². The van der Waals surface area contributed by atoms with E-state index in [1.807, 2.05) is 49.4 Å². The van der Waals surface area contributed by atoms with Gasteiger partial charge in [-0.25, -0.2) is 0 Å². The van der Waals surface area contributed by atoms with Gasteiger partial charge >= 0.3 is 5.97 Å². The summed E-state index contributed by atoms with van der Waals surface area (Å²) in [7, 11) is 0. The van der Waals surface area contributed by atoms with E-state index < -0.39 is 0 Å². The van der Waals surface area contributed by atoms with E-state index in [1.165, 1.54) is 0 Å². The molecule has 0 spiro atoms. The number of ether oxygens (including phenoxy) is 1. The summed E-state index contributed by atoms with van der Waals surface area (Å²) in [6.45, 7) is 2.19. The Hall–Kier alpha value is -2.88. The minimum Gasteiger partial charge on any atom is -0.466 e. The average Bonchev–Trinajstić information content (AvgIpc) is 2.55. The van der Waals surface area contributed by atoms with Gasteiger partial charge in [-0.05, 0) is 30.5 Å². The first kappa shape index (κ1) is 13.8. The fourth-order valence-electron chi connectivity index (χ4n) is 3.06. The zero-order valence-electron chi connectivity index (χ0n) is 12.8. The molecule has 0 amide bonds. The zero-order chi connectivity index (χ0) is 15.8. The molecule has 2 heterocycles. The Morgan fingerprint density at radius 2 is 1.96 bits per heavy atom. The second kappa shape index (κ2) is 5.39. The van der Waals surface area contributed by atoms with Gasteiger partial charge in [0, 0.05) is 22.3 Å². The molecule has 4 heteroatoms. The van der Waals surface area contributed by atoms with Gasteiger partial charge in [0.1, 0.15) is 0 Å². The molecule has 114 valence electrons. The SMILES string of the molecule is CCOC(=O)Cc1cc2cccc3c2c(n1)-c1ccccc1N3. The summed E-state index contributed by atoms with van der Waals surface area (Å²) in [6.07, 6.45) is 0.191. The number of nitrogens with one attached hydrogen (secondary N) is 1. The van der Waals surface area contributed by atoms with Gasteiger partial charge in [0.2, 0.25) is 0 Å². The van der Waals surface area contributed by atoms with Gasteiger partial charge in [-0.2, -0.15) is 0 Å². The molecule has 4 nitrogen and oxygen atoms in total. The van der Waals surface area contributed by atoms with Crippen LogP contribution in [0.15, 0.2) is 48.5 Å². The predicted molar refractivity (Wildman–Crippen MR) is 90.8 cm³/mol. The van der Waals surface area contributed by atoms with E-state index in [0.717, 1.165) is 39.1 Å². The summed E-state index contributed by atoms with van der Waals surface area (Å²) in [5.41, 5.74) is 4.80. The smallest absolute Gasteiger partial charge is 0.311 e. The molecule has 0 atom stereocenters. The van der Waals surface area contributed by atoms with Crippen LogP contribution in [0.2, 0.25) is 0 Å². The zero-order valence-corrected chi connectivity index (χ0v) is 12.8. The van der Waals surface area contributed by atoms with E-state index in [0.29, 0.717) is 6.61 Å². The van der Waals surface area contributed by atoms with Crippen molar-refractivity contribution in [3.8, 4) is 11.3 Å². The van der Waals surface area contributed by atoms with Crippen LogP contribution in [0.3, 0.4) is 0 Å². The van der Waals surface area contributed by atoms with E-state index in [1.54, 1.807) is 0 Å². The Morgan fingerprint density at radius 3 is 2.83 bits per heavy atom. The highest BCUT2D eigenvalue weighted by atomic mass is 16.5. The molecule has 2 aromatic carbocycles. The van der Waals surface area contributed by atoms with Gasteiger partial charge in [0.25, 0.3) is 0 Å². The molecule has 1 aromatic heterocycles. The number of nitrogens with zero attached hydrogens (tertiary/aromatic N) is 1. The van der Waals surface area contributed by atoms with Crippen LogP contribution in [0, 0.1) is 0 Å². The van der Waals surface area contributed by atoms with Crippen molar-refractivity contribution in [1.82, 2.24) is 4.98 Å². The summed E-state index contributed by atoms with van der Waals surface area (Å²) < 4.78 is 5.05. The van der Waals surface area contributed by atoms with Crippen LogP contribution in [0.25, 0.3) is 22.0 Å². The summed E-state index contributed by atoms with van der Waals surface area (Å²) in [5, 5.41) is 5.63.